The van der Waals surface area contributed by atoms with Gasteiger partial charge in [0, 0.05) is 6.07 Å². The maximum absolute atomic E-state index is 10.8. The van der Waals surface area contributed by atoms with Gasteiger partial charge in [0.1, 0.15) is 0 Å². The zero-order valence-corrected chi connectivity index (χ0v) is 10.4. The summed E-state index contributed by atoms with van der Waals surface area (Å²) in [6.45, 7) is 1.74. The number of hydrogen-bond donors (Lipinski definition) is 1. The maximum Gasteiger partial charge on any atom is 0.285 e. The van der Waals surface area contributed by atoms with Gasteiger partial charge in [-0.1, -0.05) is 5.21 Å². The molecule has 0 aliphatic carbocycles. The minimum Gasteiger partial charge on any atom is -0.381 e. The third-order valence-electron chi connectivity index (χ3n) is 2.30. The van der Waals surface area contributed by atoms with Crippen molar-refractivity contribution in [3.05, 3.63) is 38.5 Å². The molecule has 0 spiro atoms. The SMILES string of the molecule is Cc1c(N)nnn1-c1ccc(Br)c([N+](=O)[O-])c1. The number of nitro groups is 1. The molecule has 0 radical (unpaired) electrons. The Labute approximate surface area is 105 Å². The highest BCUT2D eigenvalue weighted by Crippen LogP contribution is 2.27. The van der Waals surface area contributed by atoms with E-state index in [9.17, 15) is 10.1 Å². The van der Waals surface area contributed by atoms with Gasteiger partial charge in [-0.2, -0.15) is 0 Å². The molecule has 1 aromatic heterocycles. The average Bonchev–Trinajstić information content (AvgIpc) is 2.60. The van der Waals surface area contributed by atoms with Gasteiger partial charge >= 0.3 is 0 Å². The van der Waals surface area contributed by atoms with Crippen LogP contribution < -0.4 is 5.73 Å². The number of anilines is 1. The number of nitrogens with zero attached hydrogens (tertiary/aromatic N) is 4. The summed E-state index contributed by atoms with van der Waals surface area (Å²) in [6.07, 6.45) is 0. The second-order valence-electron chi connectivity index (χ2n) is 3.36. The topological polar surface area (TPSA) is 99.9 Å². The van der Waals surface area contributed by atoms with Gasteiger partial charge in [-0.3, -0.25) is 10.1 Å². The Morgan fingerprint density at radius 2 is 2.24 bits per heavy atom. The molecule has 0 saturated heterocycles. The van der Waals surface area contributed by atoms with Gasteiger partial charge in [0.25, 0.3) is 5.69 Å². The zero-order valence-electron chi connectivity index (χ0n) is 8.79. The molecule has 1 aromatic carbocycles. The molecule has 2 aromatic rings. The van der Waals surface area contributed by atoms with Crippen molar-refractivity contribution in [1.29, 1.82) is 0 Å². The number of benzene rings is 1. The Kier molecular flexibility index (Phi) is 2.80. The Morgan fingerprint density at radius 3 is 2.76 bits per heavy atom. The van der Waals surface area contributed by atoms with Crippen molar-refractivity contribution >= 4 is 27.4 Å². The summed E-state index contributed by atoms with van der Waals surface area (Å²) in [6, 6.07) is 4.69. The first-order chi connectivity index (χ1) is 8.00. The van der Waals surface area contributed by atoms with E-state index in [-0.39, 0.29) is 5.69 Å². The molecule has 0 aliphatic rings. The lowest BCUT2D eigenvalue weighted by Crippen LogP contribution is -2.01. The number of nitrogen functional groups attached to an aromatic ring is 1. The molecule has 8 heteroatoms. The van der Waals surface area contributed by atoms with E-state index >= 15 is 0 Å². The molecular weight excluding hydrogens is 290 g/mol. The van der Waals surface area contributed by atoms with E-state index < -0.39 is 4.92 Å². The highest BCUT2D eigenvalue weighted by Gasteiger charge is 2.15. The lowest BCUT2D eigenvalue weighted by molar-refractivity contribution is -0.385. The fourth-order valence-corrected chi connectivity index (χ4v) is 1.75. The molecule has 0 unspecified atom stereocenters. The number of rotatable bonds is 2. The van der Waals surface area contributed by atoms with E-state index in [2.05, 4.69) is 26.2 Å². The lowest BCUT2D eigenvalue weighted by atomic mass is 10.3. The second-order valence-corrected chi connectivity index (χ2v) is 4.22. The number of nitro benzene ring substituents is 1. The van der Waals surface area contributed by atoms with E-state index in [0.29, 0.717) is 21.7 Å². The van der Waals surface area contributed by atoms with Crippen LogP contribution in [0.5, 0.6) is 0 Å². The summed E-state index contributed by atoms with van der Waals surface area (Å²) in [5, 5.41) is 18.3. The summed E-state index contributed by atoms with van der Waals surface area (Å²) in [7, 11) is 0. The van der Waals surface area contributed by atoms with Gasteiger partial charge in [0.05, 0.1) is 20.8 Å². The summed E-state index contributed by atoms with van der Waals surface area (Å²) >= 11 is 3.12. The summed E-state index contributed by atoms with van der Waals surface area (Å²) in [4.78, 5) is 10.3. The normalized spacial score (nSPS) is 10.5. The smallest absolute Gasteiger partial charge is 0.285 e. The Balaban J connectivity index is 2.58. The van der Waals surface area contributed by atoms with E-state index in [0.717, 1.165) is 0 Å². The lowest BCUT2D eigenvalue weighted by Gasteiger charge is -2.03. The third-order valence-corrected chi connectivity index (χ3v) is 2.97. The first-order valence-electron chi connectivity index (χ1n) is 4.63. The van der Waals surface area contributed by atoms with Crippen molar-refractivity contribution in [2.45, 2.75) is 6.92 Å². The fourth-order valence-electron chi connectivity index (χ4n) is 1.36. The van der Waals surface area contributed by atoms with Gasteiger partial charge in [-0.25, -0.2) is 4.68 Å². The van der Waals surface area contributed by atoms with E-state index in [1.165, 1.54) is 10.7 Å². The summed E-state index contributed by atoms with van der Waals surface area (Å²) in [5.41, 5.74) is 6.72. The molecule has 0 amide bonds. The van der Waals surface area contributed by atoms with Crippen LogP contribution in [-0.2, 0) is 0 Å². The average molecular weight is 298 g/mol. The first-order valence-corrected chi connectivity index (χ1v) is 5.42. The minimum atomic E-state index is -0.469. The molecule has 0 atom stereocenters. The molecule has 0 aliphatic heterocycles. The summed E-state index contributed by atoms with van der Waals surface area (Å²) in [5.74, 6) is 0.301. The van der Waals surface area contributed by atoms with Crippen molar-refractivity contribution in [2.75, 3.05) is 5.73 Å². The molecule has 88 valence electrons. The molecule has 17 heavy (non-hydrogen) atoms. The Hall–Kier alpha value is -1.96. The van der Waals surface area contributed by atoms with Gasteiger partial charge < -0.3 is 5.73 Å². The molecule has 2 rings (SSSR count). The zero-order chi connectivity index (χ0) is 12.6. The minimum absolute atomic E-state index is 0.0315. The van der Waals surface area contributed by atoms with Crippen LogP contribution in [0.1, 0.15) is 5.69 Å². The van der Waals surface area contributed by atoms with Crippen LogP contribution in [-0.4, -0.2) is 19.9 Å². The molecule has 2 N–H and O–H groups in total. The molecular formula is C9H8BrN5O2. The standard InChI is InChI=1S/C9H8BrN5O2/c1-5-9(11)12-13-14(5)6-2-3-7(10)8(4-6)15(16)17/h2-4H,11H2,1H3. The second kappa shape index (κ2) is 4.13. The summed E-state index contributed by atoms with van der Waals surface area (Å²) < 4.78 is 1.87. The molecule has 7 nitrogen and oxygen atoms in total. The van der Waals surface area contributed by atoms with Crippen molar-refractivity contribution < 1.29 is 4.92 Å². The van der Waals surface area contributed by atoms with Crippen LogP contribution in [0, 0.1) is 17.0 Å². The Morgan fingerprint density at radius 1 is 1.53 bits per heavy atom. The van der Waals surface area contributed by atoms with E-state index in [1.807, 2.05) is 0 Å². The predicted octanol–water partition coefficient (Wildman–Crippen LogP) is 1.83. The molecule has 0 fully saturated rings. The maximum atomic E-state index is 10.8. The highest BCUT2D eigenvalue weighted by atomic mass is 79.9. The Bertz CT molecular complexity index is 595. The number of hydrogen-bond acceptors (Lipinski definition) is 5. The van der Waals surface area contributed by atoms with Gasteiger partial charge in [0.2, 0.25) is 0 Å². The predicted molar refractivity (Wildman–Crippen MR) is 64.9 cm³/mol. The van der Waals surface area contributed by atoms with Gasteiger partial charge in [0.15, 0.2) is 5.82 Å². The van der Waals surface area contributed by atoms with Crippen LogP contribution >= 0.6 is 15.9 Å². The van der Waals surface area contributed by atoms with Crippen molar-refractivity contribution in [3.8, 4) is 5.69 Å². The quantitative estimate of drug-likeness (QED) is 0.673. The number of halogens is 1. The van der Waals surface area contributed by atoms with E-state index in [4.69, 9.17) is 5.73 Å². The van der Waals surface area contributed by atoms with Crippen LogP contribution in [0.25, 0.3) is 5.69 Å². The van der Waals surface area contributed by atoms with Gasteiger partial charge in [-0.05, 0) is 35.0 Å². The van der Waals surface area contributed by atoms with Crippen molar-refractivity contribution in [1.82, 2.24) is 15.0 Å². The van der Waals surface area contributed by atoms with Crippen molar-refractivity contribution in [3.63, 3.8) is 0 Å². The monoisotopic (exact) mass is 297 g/mol. The van der Waals surface area contributed by atoms with Crippen LogP contribution in [0.15, 0.2) is 22.7 Å². The first kappa shape index (κ1) is 11.5. The highest BCUT2D eigenvalue weighted by molar-refractivity contribution is 9.10. The fraction of sp³-hybridized carbons (Fsp3) is 0.111. The number of aromatic nitrogens is 3. The van der Waals surface area contributed by atoms with Crippen LogP contribution in [0.4, 0.5) is 11.5 Å². The van der Waals surface area contributed by atoms with E-state index in [1.54, 1.807) is 19.1 Å². The molecule has 0 bridgehead atoms. The van der Waals surface area contributed by atoms with Crippen LogP contribution in [0.3, 0.4) is 0 Å². The van der Waals surface area contributed by atoms with Crippen molar-refractivity contribution in [2.24, 2.45) is 0 Å². The third kappa shape index (κ3) is 1.98. The van der Waals surface area contributed by atoms with Crippen LogP contribution in [0.2, 0.25) is 0 Å². The number of nitrogens with two attached hydrogens (primary N) is 1. The molecule has 0 saturated carbocycles. The van der Waals surface area contributed by atoms with Gasteiger partial charge in [-0.15, -0.1) is 5.10 Å². The largest absolute Gasteiger partial charge is 0.381 e. The molecule has 1 heterocycles.